The maximum Gasteiger partial charge on any atom is 0.104 e. The Balaban J connectivity index is 1.68. The lowest BCUT2D eigenvalue weighted by Gasteiger charge is -2.09. The summed E-state index contributed by atoms with van der Waals surface area (Å²) in [5, 5.41) is 3.53. The zero-order valence-corrected chi connectivity index (χ0v) is 8.12. The first-order chi connectivity index (χ1) is 6.34. The Hall–Kier alpha value is -0.760. The van der Waals surface area contributed by atoms with E-state index in [4.69, 9.17) is 4.42 Å². The third-order valence-corrected chi connectivity index (χ3v) is 2.46. The molecular formula is C11H17NO. The molecule has 2 heteroatoms. The molecule has 72 valence electrons. The van der Waals surface area contributed by atoms with Crippen molar-refractivity contribution in [1.29, 1.82) is 0 Å². The standard InChI is InChI=1S/C11H17NO/c1-9(8-12-10-4-5-10)7-11-3-2-6-13-11/h2-3,6,9-10,12H,4-5,7-8H2,1H3. The van der Waals surface area contributed by atoms with Gasteiger partial charge in [-0.2, -0.15) is 0 Å². The van der Waals surface area contributed by atoms with E-state index in [9.17, 15) is 0 Å². The summed E-state index contributed by atoms with van der Waals surface area (Å²) in [5.41, 5.74) is 0. The van der Waals surface area contributed by atoms with Crippen molar-refractivity contribution < 1.29 is 4.42 Å². The van der Waals surface area contributed by atoms with Crippen molar-refractivity contribution in [3.63, 3.8) is 0 Å². The second kappa shape index (κ2) is 3.97. The Kier molecular flexibility index (Phi) is 2.69. The van der Waals surface area contributed by atoms with E-state index in [1.807, 2.05) is 12.1 Å². The Morgan fingerprint density at radius 1 is 1.62 bits per heavy atom. The van der Waals surface area contributed by atoms with E-state index in [0.717, 1.165) is 24.8 Å². The Morgan fingerprint density at radius 2 is 2.46 bits per heavy atom. The summed E-state index contributed by atoms with van der Waals surface area (Å²) in [4.78, 5) is 0. The highest BCUT2D eigenvalue weighted by atomic mass is 16.3. The van der Waals surface area contributed by atoms with Crippen LogP contribution in [0.15, 0.2) is 22.8 Å². The molecule has 0 bridgehead atoms. The summed E-state index contributed by atoms with van der Waals surface area (Å²) in [6.07, 6.45) is 5.53. The highest BCUT2D eigenvalue weighted by Gasteiger charge is 2.20. The molecule has 2 nitrogen and oxygen atoms in total. The van der Waals surface area contributed by atoms with Gasteiger partial charge < -0.3 is 9.73 Å². The van der Waals surface area contributed by atoms with Crippen LogP contribution in [0, 0.1) is 5.92 Å². The van der Waals surface area contributed by atoms with Crippen LogP contribution in [0.1, 0.15) is 25.5 Å². The van der Waals surface area contributed by atoms with Crippen LogP contribution in [0.4, 0.5) is 0 Å². The lowest BCUT2D eigenvalue weighted by Crippen LogP contribution is -2.24. The number of furan rings is 1. The average molecular weight is 179 g/mol. The minimum Gasteiger partial charge on any atom is -0.469 e. The molecule has 1 aliphatic carbocycles. The van der Waals surface area contributed by atoms with Gasteiger partial charge in [0.2, 0.25) is 0 Å². The van der Waals surface area contributed by atoms with E-state index in [-0.39, 0.29) is 0 Å². The third-order valence-electron chi connectivity index (χ3n) is 2.46. The molecule has 1 aromatic rings. The zero-order chi connectivity index (χ0) is 9.10. The number of hydrogen-bond acceptors (Lipinski definition) is 2. The normalized spacial score (nSPS) is 18.8. The Bertz CT molecular complexity index is 239. The lowest BCUT2D eigenvalue weighted by atomic mass is 10.1. The van der Waals surface area contributed by atoms with Gasteiger partial charge in [-0.15, -0.1) is 0 Å². The first-order valence-corrected chi connectivity index (χ1v) is 5.10. The first-order valence-electron chi connectivity index (χ1n) is 5.10. The molecular weight excluding hydrogens is 162 g/mol. The van der Waals surface area contributed by atoms with Crippen molar-refractivity contribution in [2.45, 2.75) is 32.2 Å². The molecule has 0 spiro atoms. The van der Waals surface area contributed by atoms with Crippen LogP contribution in [0.3, 0.4) is 0 Å². The molecule has 2 rings (SSSR count). The minimum absolute atomic E-state index is 0.673. The molecule has 13 heavy (non-hydrogen) atoms. The molecule has 0 aliphatic heterocycles. The Labute approximate surface area is 79.3 Å². The van der Waals surface area contributed by atoms with E-state index in [1.54, 1.807) is 6.26 Å². The van der Waals surface area contributed by atoms with Gasteiger partial charge in [0.15, 0.2) is 0 Å². The molecule has 1 N–H and O–H groups in total. The van der Waals surface area contributed by atoms with Gasteiger partial charge in [0.05, 0.1) is 6.26 Å². The SMILES string of the molecule is CC(CNC1CC1)Cc1ccco1. The van der Waals surface area contributed by atoms with Gasteiger partial charge in [-0.05, 0) is 37.4 Å². The molecule has 1 aromatic heterocycles. The van der Waals surface area contributed by atoms with Crippen molar-refractivity contribution in [1.82, 2.24) is 5.32 Å². The molecule has 0 aromatic carbocycles. The monoisotopic (exact) mass is 179 g/mol. The second-order valence-corrected chi connectivity index (χ2v) is 4.07. The van der Waals surface area contributed by atoms with E-state index in [1.165, 1.54) is 12.8 Å². The molecule has 1 aliphatic rings. The lowest BCUT2D eigenvalue weighted by molar-refractivity contribution is 0.437. The fourth-order valence-electron chi connectivity index (χ4n) is 1.50. The fourth-order valence-corrected chi connectivity index (χ4v) is 1.50. The maximum absolute atomic E-state index is 5.30. The predicted molar refractivity (Wildman–Crippen MR) is 52.6 cm³/mol. The van der Waals surface area contributed by atoms with Gasteiger partial charge >= 0.3 is 0 Å². The molecule has 0 amide bonds. The van der Waals surface area contributed by atoms with Crippen molar-refractivity contribution in [3.05, 3.63) is 24.2 Å². The van der Waals surface area contributed by atoms with Gasteiger partial charge in [-0.3, -0.25) is 0 Å². The predicted octanol–water partition coefficient (Wildman–Crippen LogP) is 2.21. The van der Waals surface area contributed by atoms with Crippen LogP contribution >= 0.6 is 0 Å². The van der Waals surface area contributed by atoms with Gasteiger partial charge in [-0.1, -0.05) is 6.92 Å². The van der Waals surface area contributed by atoms with Gasteiger partial charge in [0.25, 0.3) is 0 Å². The molecule has 1 unspecified atom stereocenters. The topological polar surface area (TPSA) is 25.2 Å². The fraction of sp³-hybridized carbons (Fsp3) is 0.636. The maximum atomic E-state index is 5.30. The minimum atomic E-state index is 0.673. The summed E-state index contributed by atoms with van der Waals surface area (Å²) < 4.78 is 5.30. The molecule has 0 radical (unpaired) electrons. The molecule has 1 saturated carbocycles. The molecule has 0 saturated heterocycles. The highest BCUT2D eigenvalue weighted by Crippen LogP contribution is 2.19. The summed E-state index contributed by atoms with van der Waals surface area (Å²) in [5.74, 6) is 1.77. The van der Waals surface area contributed by atoms with Crippen molar-refractivity contribution in [2.24, 2.45) is 5.92 Å². The molecule has 1 fully saturated rings. The van der Waals surface area contributed by atoms with Crippen molar-refractivity contribution in [2.75, 3.05) is 6.54 Å². The van der Waals surface area contributed by atoms with Crippen molar-refractivity contribution in [3.8, 4) is 0 Å². The van der Waals surface area contributed by atoms with Crippen LogP contribution in [-0.4, -0.2) is 12.6 Å². The van der Waals surface area contributed by atoms with Crippen LogP contribution in [0.5, 0.6) is 0 Å². The summed E-state index contributed by atoms with van der Waals surface area (Å²) >= 11 is 0. The summed E-state index contributed by atoms with van der Waals surface area (Å²) in [6, 6.07) is 4.82. The smallest absolute Gasteiger partial charge is 0.104 e. The zero-order valence-electron chi connectivity index (χ0n) is 8.12. The number of nitrogens with one attached hydrogen (secondary N) is 1. The largest absolute Gasteiger partial charge is 0.469 e. The molecule has 1 atom stereocenters. The van der Waals surface area contributed by atoms with Gasteiger partial charge in [0, 0.05) is 12.5 Å². The second-order valence-electron chi connectivity index (χ2n) is 4.07. The first kappa shape index (κ1) is 8.82. The quantitative estimate of drug-likeness (QED) is 0.749. The highest BCUT2D eigenvalue weighted by molar-refractivity contribution is 4.99. The number of hydrogen-bond donors (Lipinski definition) is 1. The van der Waals surface area contributed by atoms with Crippen molar-refractivity contribution >= 4 is 0 Å². The van der Waals surface area contributed by atoms with Gasteiger partial charge in [0.1, 0.15) is 5.76 Å². The molecule has 1 heterocycles. The van der Waals surface area contributed by atoms with E-state index < -0.39 is 0 Å². The van der Waals surface area contributed by atoms with Crippen LogP contribution in [-0.2, 0) is 6.42 Å². The van der Waals surface area contributed by atoms with Crippen LogP contribution in [0.25, 0.3) is 0 Å². The Morgan fingerprint density at radius 3 is 3.08 bits per heavy atom. The van der Waals surface area contributed by atoms with Crippen LogP contribution < -0.4 is 5.32 Å². The average Bonchev–Trinajstić information content (AvgIpc) is 2.82. The van der Waals surface area contributed by atoms with Gasteiger partial charge in [-0.25, -0.2) is 0 Å². The van der Waals surface area contributed by atoms with E-state index in [0.29, 0.717) is 5.92 Å². The summed E-state index contributed by atoms with van der Waals surface area (Å²) in [6.45, 7) is 3.38. The van der Waals surface area contributed by atoms with E-state index >= 15 is 0 Å². The van der Waals surface area contributed by atoms with E-state index in [2.05, 4.69) is 12.2 Å². The number of rotatable bonds is 5. The summed E-state index contributed by atoms with van der Waals surface area (Å²) in [7, 11) is 0. The van der Waals surface area contributed by atoms with Crippen LogP contribution in [0.2, 0.25) is 0 Å². The third kappa shape index (κ3) is 2.88.